The minimum atomic E-state index is 0.903. The summed E-state index contributed by atoms with van der Waals surface area (Å²) in [5.41, 5.74) is 4.54. The fourth-order valence-electron chi connectivity index (χ4n) is 2.44. The smallest absolute Gasteiger partial charge is 0.0205 e. The average Bonchev–Trinajstić information content (AvgIpc) is 2.81. The van der Waals surface area contributed by atoms with E-state index in [2.05, 4.69) is 29.4 Å². The van der Waals surface area contributed by atoms with E-state index in [1.54, 1.807) is 11.1 Å². The van der Waals surface area contributed by atoms with Crippen molar-refractivity contribution in [3.8, 4) is 12.3 Å². The maximum Gasteiger partial charge on any atom is 0.0205 e. The first kappa shape index (κ1) is 12.2. The number of nitrogens with one attached hydrogen (secondary N) is 1. The van der Waals surface area contributed by atoms with Gasteiger partial charge in [0.05, 0.1) is 0 Å². The topological polar surface area (TPSA) is 12.0 Å². The number of hydrogen-bond donors (Lipinski definition) is 1. The second kappa shape index (κ2) is 6.47. The molecule has 0 aliphatic heterocycles. The van der Waals surface area contributed by atoms with Crippen LogP contribution in [0.5, 0.6) is 0 Å². The van der Waals surface area contributed by atoms with Crippen LogP contribution in [0, 0.1) is 12.3 Å². The number of hydrogen-bond acceptors (Lipinski definition) is 1. The molecule has 0 saturated heterocycles. The molecule has 1 aliphatic carbocycles. The summed E-state index contributed by atoms with van der Waals surface area (Å²) in [6.07, 6.45) is 12.3. The Bertz CT molecular complexity index is 400. The monoisotopic (exact) mass is 227 g/mol. The lowest BCUT2D eigenvalue weighted by Gasteiger charge is -2.06. The zero-order valence-electron chi connectivity index (χ0n) is 10.5. The first-order valence-electron chi connectivity index (χ1n) is 6.65. The number of fused-ring (bicyclic) bond motifs is 1. The minimum absolute atomic E-state index is 0.903. The van der Waals surface area contributed by atoms with Crippen molar-refractivity contribution in [3.63, 3.8) is 0 Å². The van der Waals surface area contributed by atoms with Crippen LogP contribution in [-0.4, -0.2) is 6.54 Å². The van der Waals surface area contributed by atoms with E-state index in [9.17, 15) is 0 Å². The molecule has 0 fully saturated rings. The van der Waals surface area contributed by atoms with Crippen LogP contribution in [0.2, 0.25) is 0 Å². The van der Waals surface area contributed by atoms with Crippen molar-refractivity contribution in [2.45, 2.75) is 45.1 Å². The highest BCUT2D eigenvalue weighted by Gasteiger charge is 2.10. The van der Waals surface area contributed by atoms with E-state index in [-0.39, 0.29) is 0 Å². The minimum Gasteiger partial charge on any atom is -0.313 e. The first-order chi connectivity index (χ1) is 8.40. The van der Waals surface area contributed by atoms with Crippen molar-refractivity contribution in [2.24, 2.45) is 0 Å². The number of benzene rings is 1. The van der Waals surface area contributed by atoms with Gasteiger partial charge < -0.3 is 5.32 Å². The number of unbranched alkanes of at least 4 members (excludes halogenated alkanes) is 2. The van der Waals surface area contributed by atoms with Crippen molar-refractivity contribution < 1.29 is 0 Å². The first-order valence-corrected chi connectivity index (χ1v) is 6.65. The lowest BCUT2D eigenvalue weighted by Crippen LogP contribution is -2.14. The molecule has 0 radical (unpaired) electrons. The van der Waals surface area contributed by atoms with E-state index in [4.69, 9.17) is 6.42 Å². The average molecular weight is 227 g/mol. The molecule has 17 heavy (non-hydrogen) atoms. The molecule has 1 N–H and O–H groups in total. The zero-order valence-corrected chi connectivity index (χ0v) is 10.5. The molecule has 2 rings (SSSR count). The highest BCUT2D eigenvalue weighted by atomic mass is 14.8. The fraction of sp³-hybridized carbons (Fsp3) is 0.500. The molecular formula is C16H21N. The van der Waals surface area contributed by atoms with Crippen LogP contribution in [0.4, 0.5) is 0 Å². The Labute approximate surface area is 105 Å². The molecule has 1 aromatic rings. The van der Waals surface area contributed by atoms with Crippen molar-refractivity contribution in [1.82, 2.24) is 5.32 Å². The molecule has 1 aliphatic rings. The second-order valence-electron chi connectivity index (χ2n) is 4.79. The predicted octanol–water partition coefficient (Wildman–Crippen LogP) is 3.07. The van der Waals surface area contributed by atoms with E-state index in [0.717, 1.165) is 25.9 Å². The Morgan fingerprint density at radius 1 is 1.18 bits per heavy atom. The lowest BCUT2D eigenvalue weighted by molar-refractivity contribution is 0.629. The molecule has 0 atom stereocenters. The Kier molecular flexibility index (Phi) is 4.64. The third-order valence-corrected chi connectivity index (χ3v) is 3.42. The van der Waals surface area contributed by atoms with Gasteiger partial charge in [0.1, 0.15) is 0 Å². The van der Waals surface area contributed by atoms with E-state index < -0.39 is 0 Å². The fourth-order valence-corrected chi connectivity index (χ4v) is 2.44. The molecular weight excluding hydrogens is 206 g/mol. The molecule has 90 valence electrons. The van der Waals surface area contributed by atoms with Gasteiger partial charge >= 0.3 is 0 Å². The van der Waals surface area contributed by atoms with Crippen LogP contribution in [0.3, 0.4) is 0 Å². The Hall–Kier alpha value is -1.26. The molecule has 0 heterocycles. The molecule has 0 unspecified atom stereocenters. The van der Waals surface area contributed by atoms with Gasteiger partial charge in [-0.15, -0.1) is 12.3 Å². The van der Waals surface area contributed by atoms with Gasteiger partial charge in [0.2, 0.25) is 0 Å². The van der Waals surface area contributed by atoms with E-state index in [1.165, 1.54) is 31.2 Å². The van der Waals surface area contributed by atoms with Crippen molar-refractivity contribution in [3.05, 3.63) is 34.9 Å². The van der Waals surface area contributed by atoms with Crippen LogP contribution < -0.4 is 5.32 Å². The maximum atomic E-state index is 5.22. The van der Waals surface area contributed by atoms with Crippen LogP contribution in [0.25, 0.3) is 0 Å². The van der Waals surface area contributed by atoms with E-state index in [0.29, 0.717) is 0 Å². The normalized spacial score (nSPS) is 13.4. The zero-order chi connectivity index (χ0) is 11.9. The summed E-state index contributed by atoms with van der Waals surface area (Å²) in [6.45, 7) is 2.06. The van der Waals surface area contributed by atoms with Gasteiger partial charge in [-0.1, -0.05) is 18.2 Å². The summed E-state index contributed by atoms with van der Waals surface area (Å²) >= 11 is 0. The summed E-state index contributed by atoms with van der Waals surface area (Å²) in [4.78, 5) is 0. The molecule has 1 aromatic carbocycles. The molecule has 0 bridgehead atoms. The van der Waals surface area contributed by atoms with Crippen molar-refractivity contribution in [2.75, 3.05) is 6.54 Å². The van der Waals surface area contributed by atoms with Gasteiger partial charge in [0, 0.05) is 13.0 Å². The molecule has 0 aromatic heterocycles. The summed E-state index contributed by atoms with van der Waals surface area (Å²) in [7, 11) is 0. The summed E-state index contributed by atoms with van der Waals surface area (Å²) in [6, 6.07) is 6.94. The Morgan fingerprint density at radius 2 is 2.06 bits per heavy atom. The van der Waals surface area contributed by atoms with Gasteiger partial charge in [-0.05, 0) is 55.3 Å². The van der Waals surface area contributed by atoms with E-state index in [1.807, 2.05) is 0 Å². The van der Waals surface area contributed by atoms with Gasteiger partial charge in [0.15, 0.2) is 0 Å². The Morgan fingerprint density at radius 3 is 2.94 bits per heavy atom. The predicted molar refractivity (Wildman–Crippen MR) is 72.9 cm³/mol. The third-order valence-electron chi connectivity index (χ3n) is 3.42. The number of terminal acetylenes is 1. The second-order valence-corrected chi connectivity index (χ2v) is 4.79. The molecule has 1 nitrogen and oxygen atoms in total. The van der Waals surface area contributed by atoms with Gasteiger partial charge in [-0.3, -0.25) is 0 Å². The lowest BCUT2D eigenvalue weighted by atomic mass is 10.1. The molecule has 1 heteroatoms. The SMILES string of the molecule is C#CCCCCNCc1ccc2c(c1)CCC2. The molecule has 0 saturated carbocycles. The summed E-state index contributed by atoms with van der Waals surface area (Å²) < 4.78 is 0. The largest absolute Gasteiger partial charge is 0.313 e. The quantitative estimate of drug-likeness (QED) is 0.582. The van der Waals surface area contributed by atoms with Gasteiger partial charge in [-0.2, -0.15) is 0 Å². The van der Waals surface area contributed by atoms with Crippen molar-refractivity contribution in [1.29, 1.82) is 0 Å². The summed E-state index contributed by atoms with van der Waals surface area (Å²) in [5, 5.41) is 3.48. The van der Waals surface area contributed by atoms with E-state index >= 15 is 0 Å². The molecule has 0 spiro atoms. The van der Waals surface area contributed by atoms with Crippen LogP contribution in [0.15, 0.2) is 18.2 Å². The number of aryl methyl sites for hydroxylation is 2. The highest BCUT2D eigenvalue weighted by molar-refractivity contribution is 5.35. The van der Waals surface area contributed by atoms with Crippen LogP contribution in [0.1, 0.15) is 42.4 Å². The van der Waals surface area contributed by atoms with Crippen molar-refractivity contribution >= 4 is 0 Å². The molecule has 0 amide bonds. The van der Waals surface area contributed by atoms with Gasteiger partial charge in [-0.25, -0.2) is 0 Å². The van der Waals surface area contributed by atoms with Crippen LogP contribution in [-0.2, 0) is 19.4 Å². The van der Waals surface area contributed by atoms with Crippen LogP contribution >= 0.6 is 0 Å². The van der Waals surface area contributed by atoms with Gasteiger partial charge in [0.25, 0.3) is 0 Å². The summed E-state index contributed by atoms with van der Waals surface area (Å²) in [5.74, 6) is 2.68. The highest BCUT2D eigenvalue weighted by Crippen LogP contribution is 2.22. The Balaban J connectivity index is 1.71. The standard InChI is InChI=1S/C16H21N/c1-2-3-4-5-11-17-13-14-9-10-15-7-6-8-16(15)12-14/h1,9-10,12,17H,3-8,11,13H2. The maximum absolute atomic E-state index is 5.22. The third kappa shape index (κ3) is 3.61. The number of rotatable bonds is 6.